The third kappa shape index (κ3) is 6.98. The van der Waals surface area contributed by atoms with E-state index in [-0.39, 0.29) is 0 Å². The molecule has 2 nitrogen and oxygen atoms in total. The lowest BCUT2D eigenvalue weighted by atomic mass is 9.96. The van der Waals surface area contributed by atoms with Crippen molar-refractivity contribution in [3.63, 3.8) is 0 Å². The number of benzene rings is 2. The van der Waals surface area contributed by atoms with Crippen LogP contribution in [-0.2, 0) is 21.3 Å². The number of hydrogen-bond donors (Lipinski definition) is 0. The summed E-state index contributed by atoms with van der Waals surface area (Å²) >= 11 is 14.6. The van der Waals surface area contributed by atoms with Crippen molar-refractivity contribution in [2.75, 3.05) is 13.2 Å². The molecule has 0 unspecified atom stereocenters. The zero-order valence-electron chi connectivity index (χ0n) is 17.7. The maximum absolute atomic E-state index is 6.15. The van der Waals surface area contributed by atoms with Gasteiger partial charge < -0.3 is 9.47 Å². The van der Waals surface area contributed by atoms with Crippen LogP contribution < -0.4 is 9.47 Å². The molecule has 0 fully saturated rings. The molecule has 6 heteroatoms. The van der Waals surface area contributed by atoms with E-state index in [0.717, 1.165) is 71.7 Å². The highest BCUT2D eigenvalue weighted by atomic mass is 79.9. The Bertz CT molecular complexity index is 690. The molecule has 0 saturated carbocycles. The van der Waals surface area contributed by atoms with E-state index < -0.39 is 0 Å². The first-order valence-electron chi connectivity index (χ1n) is 10.4. The zero-order chi connectivity index (χ0) is 21.9. The SMILES string of the molecule is CCCCOc1c(CBr)cc(-c2cc(CBr)c(OCCCC)c(CBr)c2)cc1CBr. The van der Waals surface area contributed by atoms with Gasteiger partial charge in [0.05, 0.1) is 13.2 Å². The van der Waals surface area contributed by atoms with Crippen molar-refractivity contribution in [2.45, 2.75) is 60.9 Å². The van der Waals surface area contributed by atoms with E-state index in [9.17, 15) is 0 Å². The smallest absolute Gasteiger partial charge is 0.127 e. The highest BCUT2D eigenvalue weighted by Gasteiger charge is 2.16. The summed E-state index contributed by atoms with van der Waals surface area (Å²) in [5, 5.41) is 3.04. The van der Waals surface area contributed by atoms with Crippen LogP contribution in [0.3, 0.4) is 0 Å². The van der Waals surface area contributed by atoms with E-state index in [0.29, 0.717) is 0 Å². The van der Waals surface area contributed by atoms with Crippen molar-refractivity contribution in [2.24, 2.45) is 0 Å². The quantitative estimate of drug-likeness (QED) is 0.156. The molecule has 0 bridgehead atoms. The van der Waals surface area contributed by atoms with Crippen molar-refractivity contribution in [1.29, 1.82) is 0 Å². The summed E-state index contributed by atoms with van der Waals surface area (Å²) in [7, 11) is 0. The molecule has 0 aromatic heterocycles. The third-order valence-corrected chi connectivity index (χ3v) is 7.30. The van der Waals surface area contributed by atoms with Crippen molar-refractivity contribution in [3.05, 3.63) is 46.5 Å². The number of halogens is 4. The van der Waals surface area contributed by atoms with E-state index in [1.807, 2.05) is 0 Å². The van der Waals surface area contributed by atoms with Gasteiger partial charge >= 0.3 is 0 Å². The molecule has 30 heavy (non-hydrogen) atoms. The first kappa shape index (κ1) is 26.2. The number of rotatable bonds is 13. The van der Waals surface area contributed by atoms with Crippen molar-refractivity contribution < 1.29 is 9.47 Å². The Morgan fingerprint density at radius 1 is 0.567 bits per heavy atom. The number of unbranched alkanes of at least 4 members (excludes halogenated alkanes) is 2. The van der Waals surface area contributed by atoms with Crippen LogP contribution >= 0.6 is 63.7 Å². The molecule has 2 aromatic rings. The van der Waals surface area contributed by atoms with Crippen LogP contribution in [-0.4, -0.2) is 13.2 Å². The fourth-order valence-electron chi connectivity index (χ4n) is 3.25. The zero-order valence-corrected chi connectivity index (χ0v) is 24.1. The van der Waals surface area contributed by atoms with E-state index in [4.69, 9.17) is 9.47 Å². The van der Waals surface area contributed by atoms with Gasteiger partial charge in [0.25, 0.3) is 0 Å². The van der Waals surface area contributed by atoms with Gasteiger partial charge in [0.2, 0.25) is 0 Å². The van der Waals surface area contributed by atoms with Crippen LogP contribution in [0.2, 0.25) is 0 Å². The molecule has 0 aliphatic rings. The van der Waals surface area contributed by atoms with Gasteiger partial charge in [0.15, 0.2) is 0 Å². The molecule has 2 rings (SSSR count). The van der Waals surface area contributed by atoms with E-state index >= 15 is 0 Å². The van der Waals surface area contributed by atoms with Gasteiger partial charge in [-0.3, -0.25) is 0 Å². The molecule has 0 spiro atoms. The Hall–Kier alpha value is -0.0400. The Balaban J connectivity index is 2.49. The fourth-order valence-corrected chi connectivity index (χ4v) is 4.91. The van der Waals surface area contributed by atoms with Crippen molar-refractivity contribution in [3.8, 4) is 22.6 Å². The first-order valence-corrected chi connectivity index (χ1v) is 14.9. The summed E-state index contributed by atoms with van der Waals surface area (Å²) in [6, 6.07) is 8.96. The van der Waals surface area contributed by atoms with Crippen LogP contribution in [0.1, 0.15) is 61.8 Å². The second-order valence-electron chi connectivity index (χ2n) is 7.19. The van der Waals surface area contributed by atoms with Crippen LogP contribution in [0.5, 0.6) is 11.5 Å². The van der Waals surface area contributed by atoms with Gasteiger partial charge in [-0.15, -0.1) is 0 Å². The second kappa shape index (κ2) is 14.2. The first-order chi connectivity index (χ1) is 14.6. The molecule has 0 radical (unpaired) electrons. The van der Waals surface area contributed by atoms with Crippen LogP contribution in [0.15, 0.2) is 24.3 Å². The van der Waals surface area contributed by atoms with Gasteiger partial charge in [-0.2, -0.15) is 0 Å². The van der Waals surface area contributed by atoms with Crippen molar-refractivity contribution >= 4 is 63.7 Å². The summed E-state index contributed by atoms with van der Waals surface area (Å²) in [6.07, 6.45) is 4.38. The average molecular weight is 670 g/mol. The Kier molecular flexibility index (Phi) is 12.4. The maximum Gasteiger partial charge on any atom is 0.127 e. The minimum absolute atomic E-state index is 0.751. The molecule has 166 valence electrons. The summed E-state index contributed by atoms with van der Waals surface area (Å²) in [6.45, 7) is 5.87. The number of alkyl halides is 4. The Labute approximate surface area is 215 Å². The molecular formula is C24H30Br4O2. The predicted molar refractivity (Wildman–Crippen MR) is 143 cm³/mol. The van der Waals surface area contributed by atoms with E-state index in [1.54, 1.807) is 0 Å². The Morgan fingerprint density at radius 3 is 1.10 bits per heavy atom. The summed E-state index contributed by atoms with van der Waals surface area (Å²) in [5.41, 5.74) is 7.13. The summed E-state index contributed by atoms with van der Waals surface area (Å²) < 4.78 is 12.3. The highest BCUT2D eigenvalue weighted by molar-refractivity contribution is 9.09. The summed E-state index contributed by atoms with van der Waals surface area (Å²) in [4.78, 5) is 0. The predicted octanol–water partition coefficient (Wildman–Crippen LogP) is 9.29. The Morgan fingerprint density at radius 2 is 0.867 bits per heavy atom. The number of ether oxygens (including phenoxy) is 2. The van der Waals surface area contributed by atoms with Gasteiger partial charge in [0, 0.05) is 43.6 Å². The lowest BCUT2D eigenvalue weighted by molar-refractivity contribution is 0.305. The van der Waals surface area contributed by atoms with Gasteiger partial charge in [0.1, 0.15) is 11.5 Å². The standard InChI is InChI=1S/C24H30Br4O2/c1-3-5-7-29-23-19(13-25)9-17(10-20(23)14-26)18-11-21(15-27)24(22(12-18)16-28)30-8-6-4-2/h9-12H,3-8,13-16H2,1-2H3. The lowest BCUT2D eigenvalue weighted by Gasteiger charge is -2.19. The van der Waals surface area contributed by atoms with Crippen LogP contribution in [0, 0.1) is 0 Å². The number of hydrogen-bond acceptors (Lipinski definition) is 2. The molecule has 0 amide bonds. The molecule has 0 heterocycles. The monoisotopic (exact) mass is 666 g/mol. The molecule has 0 aliphatic heterocycles. The minimum Gasteiger partial charge on any atom is -0.493 e. The van der Waals surface area contributed by atoms with E-state index in [2.05, 4.69) is 102 Å². The third-order valence-electron chi connectivity index (χ3n) is 4.88. The molecule has 0 aliphatic carbocycles. The van der Waals surface area contributed by atoms with Gasteiger partial charge in [-0.1, -0.05) is 90.4 Å². The van der Waals surface area contributed by atoms with E-state index in [1.165, 1.54) is 33.4 Å². The highest BCUT2D eigenvalue weighted by Crippen LogP contribution is 2.38. The molecule has 0 N–H and O–H groups in total. The lowest BCUT2D eigenvalue weighted by Crippen LogP contribution is -2.04. The fraction of sp³-hybridized carbons (Fsp3) is 0.500. The normalized spacial score (nSPS) is 11.0. The van der Waals surface area contributed by atoms with Crippen molar-refractivity contribution in [1.82, 2.24) is 0 Å². The molecule has 0 saturated heterocycles. The largest absolute Gasteiger partial charge is 0.493 e. The maximum atomic E-state index is 6.15. The second-order valence-corrected chi connectivity index (χ2v) is 9.43. The van der Waals surface area contributed by atoms with Gasteiger partial charge in [-0.05, 0) is 48.2 Å². The molecule has 0 atom stereocenters. The molecule has 2 aromatic carbocycles. The average Bonchev–Trinajstić information content (AvgIpc) is 2.78. The summed E-state index contributed by atoms with van der Waals surface area (Å²) in [5.74, 6) is 2.00. The molecular weight excluding hydrogens is 640 g/mol. The minimum atomic E-state index is 0.751. The topological polar surface area (TPSA) is 18.5 Å². The van der Waals surface area contributed by atoms with Crippen LogP contribution in [0.4, 0.5) is 0 Å². The van der Waals surface area contributed by atoms with Gasteiger partial charge in [-0.25, -0.2) is 0 Å². The van der Waals surface area contributed by atoms with Crippen LogP contribution in [0.25, 0.3) is 11.1 Å².